The molecule has 2 fully saturated rings. The van der Waals surface area contributed by atoms with Gasteiger partial charge in [-0.15, -0.1) is 0 Å². The molecule has 0 N–H and O–H groups in total. The molecule has 5 heteroatoms. The lowest BCUT2D eigenvalue weighted by atomic mass is 9.76. The molecule has 2 heterocycles. The first-order chi connectivity index (χ1) is 10.7. The Labute approximate surface area is 135 Å². The molecule has 3 rings (SSSR count). The van der Waals surface area contributed by atoms with Crippen LogP contribution in [0.25, 0.3) is 0 Å². The van der Waals surface area contributed by atoms with Gasteiger partial charge in [0.25, 0.3) is 0 Å². The third-order valence-electron chi connectivity index (χ3n) is 5.18. The molecule has 0 aliphatic carbocycles. The molecule has 0 unspecified atom stereocenters. The van der Waals surface area contributed by atoms with Crippen molar-refractivity contribution < 1.29 is 13.9 Å². The highest BCUT2D eigenvalue weighted by molar-refractivity contribution is 6.30. The summed E-state index contributed by atoms with van der Waals surface area (Å²) in [6.45, 7) is 0.0443. The summed E-state index contributed by atoms with van der Waals surface area (Å²) < 4.78 is 17.9. The summed E-state index contributed by atoms with van der Waals surface area (Å²) in [7, 11) is 1.43. The van der Waals surface area contributed by atoms with Crippen LogP contribution in [0.2, 0.25) is 5.02 Å². The maximum atomic E-state index is 12.9. The van der Waals surface area contributed by atoms with Crippen molar-refractivity contribution in [2.45, 2.75) is 37.3 Å². The zero-order valence-electron chi connectivity index (χ0n) is 12.7. The molecular formula is C17H21ClFNO2. The monoisotopic (exact) mass is 324 g/mol. The maximum Gasteiger partial charge on any atom is 0.310 e. The quantitative estimate of drug-likeness (QED) is 0.795. The lowest BCUT2D eigenvalue weighted by molar-refractivity contribution is -0.150. The number of alkyl halides is 1. The van der Waals surface area contributed by atoms with Crippen molar-refractivity contribution in [1.82, 2.24) is 4.90 Å². The van der Waals surface area contributed by atoms with Crippen molar-refractivity contribution in [2.75, 3.05) is 20.3 Å². The van der Waals surface area contributed by atoms with Gasteiger partial charge >= 0.3 is 5.97 Å². The molecule has 120 valence electrons. The van der Waals surface area contributed by atoms with Crippen molar-refractivity contribution in [3.63, 3.8) is 0 Å². The maximum absolute atomic E-state index is 12.9. The van der Waals surface area contributed by atoms with Gasteiger partial charge in [-0.2, -0.15) is 0 Å². The fraction of sp³-hybridized carbons (Fsp3) is 0.588. The van der Waals surface area contributed by atoms with Gasteiger partial charge in [0.05, 0.1) is 13.0 Å². The van der Waals surface area contributed by atoms with Crippen LogP contribution in [0, 0.1) is 5.92 Å². The second-order valence-corrected chi connectivity index (χ2v) is 6.60. The number of benzene rings is 1. The Morgan fingerprint density at radius 2 is 2.09 bits per heavy atom. The lowest BCUT2D eigenvalue weighted by Gasteiger charge is -2.43. The average Bonchev–Trinajstić information content (AvgIpc) is 2.80. The molecule has 4 atom stereocenters. The molecule has 3 nitrogen and oxygen atoms in total. The van der Waals surface area contributed by atoms with E-state index in [1.807, 2.05) is 24.3 Å². The van der Waals surface area contributed by atoms with Crippen LogP contribution < -0.4 is 0 Å². The van der Waals surface area contributed by atoms with Gasteiger partial charge in [0.1, 0.15) is 6.67 Å². The highest BCUT2D eigenvalue weighted by Gasteiger charge is 2.50. The number of piperidine rings is 1. The zero-order valence-corrected chi connectivity index (χ0v) is 13.4. The van der Waals surface area contributed by atoms with Gasteiger partial charge in [-0.3, -0.25) is 9.69 Å². The summed E-state index contributed by atoms with van der Waals surface area (Å²) in [5, 5.41) is 0.691. The second-order valence-electron chi connectivity index (χ2n) is 6.17. The number of hydrogen-bond donors (Lipinski definition) is 0. The Bertz CT molecular complexity index is 536. The number of fused-ring (bicyclic) bond motifs is 2. The standard InChI is InChI=1S/C17H21ClFNO2/c1-22-17(21)16-14(11-2-4-12(18)5-3-11)10-13-6-7-15(16)20(13)9-8-19/h2-5,13-16H,6-10H2,1H3/t13-,14+,15+,16-/m0/s1/i19-1. The minimum atomic E-state index is -0.369. The van der Waals surface area contributed by atoms with E-state index >= 15 is 0 Å². The molecule has 2 aliphatic rings. The number of halogens is 2. The van der Waals surface area contributed by atoms with Crippen LogP contribution in [0.15, 0.2) is 24.3 Å². The number of rotatable bonds is 4. The van der Waals surface area contributed by atoms with Crippen LogP contribution in [0.4, 0.5) is 4.39 Å². The lowest BCUT2D eigenvalue weighted by Crippen LogP contribution is -2.51. The minimum Gasteiger partial charge on any atom is -0.469 e. The molecule has 2 saturated heterocycles. The Balaban J connectivity index is 1.92. The van der Waals surface area contributed by atoms with Gasteiger partial charge in [-0.05, 0) is 37.0 Å². The SMILES string of the molecule is COC(=O)[C@H]1[C@@H](c2ccc(Cl)cc2)C[C@@H]2CC[C@H]1N2CC[18F]. The molecule has 1 aromatic rings. The minimum absolute atomic E-state index is 0.0858. The molecule has 0 aromatic heterocycles. The predicted octanol–water partition coefficient (Wildman–Crippen LogP) is 3.42. The van der Waals surface area contributed by atoms with Crippen molar-refractivity contribution in [3.8, 4) is 0 Å². The van der Waals surface area contributed by atoms with Gasteiger partial charge in [0.2, 0.25) is 0 Å². The highest BCUT2D eigenvalue weighted by atomic mass is 35.5. The average molecular weight is 325 g/mol. The van der Waals surface area contributed by atoms with Gasteiger partial charge in [0.15, 0.2) is 0 Å². The first-order valence-electron chi connectivity index (χ1n) is 7.80. The number of carbonyl (C=O) groups excluding carboxylic acids is 1. The summed E-state index contributed by atoms with van der Waals surface area (Å²) in [6.07, 6.45) is 2.84. The number of hydrogen-bond acceptors (Lipinski definition) is 3. The van der Waals surface area contributed by atoms with Crippen molar-refractivity contribution >= 4 is 17.6 Å². The number of esters is 1. The Morgan fingerprint density at radius 3 is 2.73 bits per heavy atom. The van der Waals surface area contributed by atoms with Crippen LogP contribution in [0.1, 0.15) is 30.7 Å². The van der Waals surface area contributed by atoms with E-state index in [0.29, 0.717) is 17.6 Å². The summed E-state index contributed by atoms with van der Waals surface area (Å²) in [6, 6.07) is 8.16. The molecule has 0 radical (unpaired) electrons. The molecule has 0 saturated carbocycles. The van der Waals surface area contributed by atoms with Crippen molar-refractivity contribution in [2.24, 2.45) is 5.92 Å². The van der Waals surface area contributed by atoms with Gasteiger partial charge in [-0.25, -0.2) is 4.39 Å². The molecule has 2 aliphatic heterocycles. The molecule has 0 amide bonds. The largest absolute Gasteiger partial charge is 0.469 e. The smallest absolute Gasteiger partial charge is 0.310 e. The van der Waals surface area contributed by atoms with E-state index in [1.54, 1.807) is 0 Å². The normalized spacial score (nSPS) is 31.2. The molecule has 22 heavy (non-hydrogen) atoms. The van der Waals surface area contributed by atoms with Crippen LogP contribution in [0.5, 0.6) is 0 Å². The van der Waals surface area contributed by atoms with Crippen molar-refractivity contribution in [1.29, 1.82) is 0 Å². The topological polar surface area (TPSA) is 29.5 Å². The van der Waals surface area contributed by atoms with Crippen LogP contribution in [-0.4, -0.2) is 43.3 Å². The van der Waals surface area contributed by atoms with Gasteiger partial charge < -0.3 is 4.74 Å². The summed E-state index contributed by atoms with van der Waals surface area (Å²) in [5.74, 6) is -0.288. The van der Waals surface area contributed by atoms with Crippen LogP contribution in [-0.2, 0) is 9.53 Å². The third kappa shape index (κ3) is 2.74. The second kappa shape index (κ2) is 6.55. The van der Waals surface area contributed by atoms with E-state index < -0.39 is 0 Å². The molecular weight excluding hydrogens is 304 g/mol. The fourth-order valence-corrected chi connectivity index (χ4v) is 4.40. The number of carbonyl (C=O) groups is 1. The van der Waals surface area contributed by atoms with E-state index in [0.717, 1.165) is 24.8 Å². The van der Waals surface area contributed by atoms with E-state index in [-0.39, 0.29) is 30.5 Å². The summed E-state index contributed by atoms with van der Waals surface area (Å²) in [5.41, 5.74) is 1.12. The van der Waals surface area contributed by atoms with Crippen LogP contribution >= 0.6 is 11.6 Å². The Hall–Kier alpha value is -1.13. The summed E-state index contributed by atoms with van der Waals surface area (Å²) >= 11 is 5.97. The van der Waals surface area contributed by atoms with Crippen LogP contribution in [0.3, 0.4) is 0 Å². The summed E-state index contributed by atoms with van der Waals surface area (Å²) in [4.78, 5) is 14.6. The molecule has 2 bridgehead atoms. The van der Waals surface area contributed by atoms with Gasteiger partial charge in [0, 0.05) is 29.6 Å². The Morgan fingerprint density at radius 1 is 1.36 bits per heavy atom. The molecule has 0 spiro atoms. The Kier molecular flexibility index (Phi) is 4.69. The van der Waals surface area contributed by atoms with E-state index in [4.69, 9.17) is 16.3 Å². The predicted molar refractivity (Wildman–Crippen MR) is 83.8 cm³/mol. The van der Waals surface area contributed by atoms with E-state index in [2.05, 4.69) is 4.90 Å². The van der Waals surface area contributed by atoms with Gasteiger partial charge in [-0.1, -0.05) is 23.7 Å². The number of methoxy groups -OCH3 is 1. The van der Waals surface area contributed by atoms with E-state index in [9.17, 15) is 9.18 Å². The third-order valence-corrected chi connectivity index (χ3v) is 5.43. The fourth-order valence-electron chi connectivity index (χ4n) is 4.27. The first-order valence-corrected chi connectivity index (χ1v) is 8.18. The number of ether oxygens (including phenoxy) is 1. The highest BCUT2D eigenvalue weighted by Crippen LogP contribution is 2.47. The zero-order chi connectivity index (χ0) is 15.7. The number of nitrogens with zero attached hydrogens (tertiary/aromatic N) is 1. The van der Waals surface area contributed by atoms with E-state index in [1.165, 1.54) is 7.11 Å². The first kappa shape index (κ1) is 15.8. The van der Waals surface area contributed by atoms with Crippen molar-refractivity contribution in [3.05, 3.63) is 34.9 Å². The molecule has 1 aromatic carbocycles.